The van der Waals surface area contributed by atoms with Crippen molar-refractivity contribution >= 4 is 47.0 Å². The van der Waals surface area contributed by atoms with Gasteiger partial charge in [0.15, 0.2) is 11.4 Å². The van der Waals surface area contributed by atoms with E-state index in [1.165, 1.54) is 25.1 Å². The fourth-order valence-corrected chi connectivity index (χ4v) is 3.83. The van der Waals surface area contributed by atoms with Gasteiger partial charge in [-0.2, -0.15) is 0 Å². The van der Waals surface area contributed by atoms with E-state index in [0.717, 1.165) is 25.0 Å². The molecule has 0 amide bonds. The second-order valence-corrected chi connectivity index (χ2v) is 7.57. The highest BCUT2D eigenvalue weighted by Crippen LogP contribution is 2.29. The first-order chi connectivity index (χ1) is 14.8. The number of rotatable bonds is 5. The van der Waals surface area contributed by atoms with E-state index in [9.17, 15) is 14.7 Å². The summed E-state index contributed by atoms with van der Waals surface area (Å²) in [6, 6.07) is 1.85. The maximum absolute atomic E-state index is 12.9. The van der Waals surface area contributed by atoms with Gasteiger partial charge in [0.25, 0.3) is 0 Å². The third-order valence-electron chi connectivity index (χ3n) is 5.54. The molecule has 0 radical (unpaired) electrons. The van der Waals surface area contributed by atoms with Crippen molar-refractivity contribution in [2.75, 3.05) is 25.1 Å². The van der Waals surface area contributed by atoms with E-state index >= 15 is 0 Å². The van der Waals surface area contributed by atoms with Gasteiger partial charge in [-0.25, -0.2) is 24.5 Å². The molecule has 6 N–H and O–H groups in total. The Morgan fingerprint density at radius 3 is 2.81 bits per heavy atom. The number of imidazole rings is 1. The van der Waals surface area contributed by atoms with E-state index in [4.69, 9.17) is 16.2 Å². The quantitative estimate of drug-likeness (QED) is 0.410. The van der Waals surface area contributed by atoms with E-state index in [1.54, 1.807) is 0 Å². The zero-order valence-corrected chi connectivity index (χ0v) is 18.2. The van der Waals surface area contributed by atoms with E-state index in [2.05, 4.69) is 31.9 Å². The Bertz CT molecular complexity index is 1170. The number of aromatic amines is 1. The molecule has 0 aromatic carbocycles. The largest absolute Gasteiger partial charge is 0.477 e. The average Bonchev–Trinajstić information content (AvgIpc) is 3.14. The van der Waals surface area contributed by atoms with Crippen LogP contribution in [0.3, 0.4) is 0 Å². The Balaban J connectivity index is 0.00000289. The highest BCUT2D eigenvalue weighted by atomic mass is 35.5. The summed E-state index contributed by atoms with van der Waals surface area (Å²) >= 11 is 0. The number of H-pyrrole nitrogens is 1. The van der Waals surface area contributed by atoms with Crippen LogP contribution in [0.25, 0.3) is 11.2 Å². The van der Waals surface area contributed by atoms with E-state index in [0.29, 0.717) is 23.6 Å². The van der Waals surface area contributed by atoms with E-state index in [-0.39, 0.29) is 35.2 Å². The highest BCUT2D eigenvalue weighted by Gasteiger charge is 2.24. The minimum atomic E-state index is -1.38. The molecule has 11 nitrogen and oxygen atoms in total. The molecule has 1 aliphatic heterocycles. The third kappa shape index (κ3) is 4.43. The van der Waals surface area contributed by atoms with Crippen LogP contribution in [-0.2, 0) is 6.42 Å². The molecule has 0 spiro atoms. The van der Waals surface area contributed by atoms with Gasteiger partial charge in [-0.15, -0.1) is 12.4 Å². The summed E-state index contributed by atoms with van der Waals surface area (Å²) in [4.78, 5) is 42.4. The summed E-state index contributed by atoms with van der Waals surface area (Å²) in [5.74, 6) is -1.89. The number of aromatic carboxylic acids is 1. The van der Waals surface area contributed by atoms with Gasteiger partial charge in [0.1, 0.15) is 17.2 Å². The number of anilines is 2. The molecule has 3 aromatic rings. The highest BCUT2D eigenvalue weighted by molar-refractivity contribution is 6.04. The number of nitrogens with one attached hydrogen (secondary N) is 1. The minimum Gasteiger partial charge on any atom is -0.477 e. The molecule has 32 heavy (non-hydrogen) atoms. The molecule has 4 heterocycles. The third-order valence-corrected chi connectivity index (χ3v) is 5.54. The molecule has 170 valence electrons. The Hall–Kier alpha value is -3.44. The van der Waals surface area contributed by atoms with Crippen LogP contribution < -0.4 is 16.2 Å². The van der Waals surface area contributed by atoms with Gasteiger partial charge in [0.2, 0.25) is 0 Å². The molecule has 4 rings (SSSR count). The molecule has 1 atom stereocenters. The monoisotopic (exact) mass is 461 g/mol. The van der Waals surface area contributed by atoms with E-state index in [1.807, 2.05) is 0 Å². The zero-order valence-electron chi connectivity index (χ0n) is 17.4. The van der Waals surface area contributed by atoms with Gasteiger partial charge in [-0.05, 0) is 32.5 Å². The molecular formula is C20H24ClN7O4. The molecule has 0 bridgehead atoms. The number of likely N-dealkylation sites (N-methyl/N-ethyl adjacent to an activating group) is 1. The van der Waals surface area contributed by atoms with Crippen LogP contribution in [0.1, 0.15) is 45.8 Å². The summed E-state index contributed by atoms with van der Waals surface area (Å²) in [7, 11) is 2.10. The molecule has 1 saturated heterocycles. The smallest absolute Gasteiger partial charge is 0.345 e. The van der Waals surface area contributed by atoms with Crippen LogP contribution in [0.5, 0.6) is 5.75 Å². The molecule has 0 aliphatic carbocycles. The predicted octanol–water partition coefficient (Wildman–Crippen LogP) is 1.88. The summed E-state index contributed by atoms with van der Waals surface area (Å²) in [5, 5.41) is 9.42. The van der Waals surface area contributed by atoms with Gasteiger partial charge < -0.3 is 31.2 Å². The Kier molecular flexibility index (Phi) is 6.80. The standard InChI is InChI=1S/C20H23N7O4.ClH/c1-27-7-3-2-4-10(27)8-13-25-16-11(5-6-23-18(16)26-13)20(30)31-12-9-24-17(22)15(21)14(12)19(28)29;/h5-6,9-10H,2-4,7-8,21H2,1H3,(H2,22,24)(H,28,29)(H,23,25,26);1H. The SMILES string of the molecule is CN1CCCCC1Cc1nc2nccc(C(=O)Oc3cnc(N)c(N)c3C(=O)O)c2[nH]1.Cl. The lowest BCUT2D eigenvalue weighted by atomic mass is 10.00. The number of ether oxygens (including phenoxy) is 1. The zero-order chi connectivity index (χ0) is 22.1. The average molecular weight is 462 g/mol. The summed E-state index contributed by atoms with van der Waals surface area (Å²) in [6.07, 6.45) is 6.66. The summed E-state index contributed by atoms with van der Waals surface area (Å²) in [6.45, 7) is 1.05. The number of aromatic nitrogens is 4. The number of piperidine rings is 1. The van der Waals surface area contributed by atoms with Gasteiger partial charge in [0.05, 0.1) is 23.0 Å². The number of fused-ring (bicyclic) bond motifs is 1. The van der Waals surface area contributed by atoms with Crippen molar-refractivity contribution in [2.24, 2.45) is 0 Å². The van der Waals surface area contributed by atoms with Crippen molar-refractivity contribution < 1.29 is 19.4 Å². The van der Waals surface area contributed by atoms with Gasteiger partial charge in [-0.3, -0.25) is 0 Å². The number of halogens is 1. The van der Waals surface area contributed by atoms with E-state index < -0.39 is 17.5 Å². The number of nitrogens with two attached hydrogens (primary N) is 2. The topological polar surface area (TPSA) is 173 Å². The number of likely N-dealkylation sites (tertiary alicyclic amines) is 1. The van der Waals surface area contributed by atoms with Crippen molar-refractivity contribution in [3.8, 4) is 5.75 Å². The second kappa shape index (κ2) is 9.37. The van der Waals surface area contributed by atoms with Crippen LogP contribution in [0.4, 0.5) is 11.5 Å². The lowest BCUT2D eigenvalue weighted by Gasteiger charge is -2.31. The van der Waals surface area contributed by atoms with Crippen LogP contribution in [0.15, 0.2) is 18.5 Å². The Morgan fingerprint density at radius 1 is 1.31 bits per heavy atom. The number of carbonyl (C=O) groups excluding carboxylic acids is 1. The maximum Gasteiger partial charge on any atom is 0.345 e. The molecular weight excluding hydrogens is 438 g/mol. The normalized spacial score (nSPS) is 16.5. The number of hydrogen-bond acceptors (Lipinski definition) is 9. The minimum absolute atomic E-state index is 0. The lowest BCUT2D eigenvalue weighted by molar-refractivity contribution is 0.0682. The number of carboxylic acids is 1. The summed E-state index contributed by atoms with van der Waals surface area (Å²) in [5.41, 5.74) is 11.6. The number of hydrogen-bond donors (Lipinski definition) is 4. The fraction of sp³-hybridized carbons (Fsp3) is 0.350. The summed E-state index contributed by atoms with van der Waals surface area (Å²) < 4.78 is 5.31. The van der Waals surface area contributed by atoms with Crippen molar-refractivity contribution in [1.82, 2.24) is 24.8 Å². The Labute approximate surface area is 189 Å². The van der Waals surface area contributed by atoms with Crippen molar-refractivity contribution in [2.45, 2.75) is 31.7 Å². The van der Waals surface area contributed by atoms with Crippen molar-refractivity contribution in [1.29, 1.82) is 0 Å². The fourth-order valence-electron chi connectivity index (χ4n) is 3.83. The first kappa shape index (κ1) is 23.2. The predicted molar refractivity (Wildman–Crippen MR) is 120 cm³/mol. The molecule has 0 saturated carbocycles. The van der Waals surface area contributed by atoms with Crippen LogP contribution in [-0.4, -0.2) is 61.5 Å². The molecule has 3 aromatic heterocycles. The number of nitrogens with zero attached hydrogens (tertiary/aromatic N) is 4. The first-order valence-corrected chi connectivity index (χ1v) is 9.88. The Morgan fingerprint density at radius 2 is 2.09 bits per heavy atom. The second-order valence-electron chi connectivity index (χ2n) is 7.57. The van der Waals surface area contributed by atoms with Crippen LogP contribution in [0, 0.1) is 0 Å². The molecule has 1 unspecified atom stereocenters. The number of esters is 1. The van der Waals surface area contributed by atoms with Crippen molar-refractivity contribution in [3.63, 3.8) is 0 Å². The lowest BCUT2D eigenvalue weighted by Crippen LogP contribution is -2.37. The number of nitrogen functional groups attached to an aromatic ring is 2. The molecule has 1 aliphatic rings. The molecule has 12 heteroatoms. The number of carbonyl (C=O) groups is 2. The van der Waals surface area contributed by atoms with Gasteiger partial charge in [-0.1, -0.05) is 6.42 Å². The van der Waals surface area contributed by atoms with Crippen LogP contribution >= 0.6 is 12.4 Å². The van der Waals surface area contributed by atoms with Crippen molar-refractivity contribution in [3.05, 3.63) is 35.4 Å². The van der Waals surface area contributed by atoms with Crippen LogP contribution in [0.2, 0.25) is 0 Å². The number of pyridine rings is 2. The first-order valence-electron chi connectivity index (χ1n) is 9.88. The maximum atomic E-state index is 12.9. The van der Waals surface area contributed by atoms with Gasteiger partial charge >= 0.3 is 11.9 Å². The number of carboxylic acid groups (broad SMARTS) is 1. The van der Waals surface area contributed by atoms with Gasteiger partial charge in [0, 0.05) is 18.7 Å². The molecule has 1 fully saturated rings.